The van der Waals surface area contributed by atoms with Crippen molar-refractivity contribution in [1.29, 1.82) is 0 Å². The Labute approximate surface area is 220 Å². The highest BCUT2D eigenvalue weighted by atomic mass is 79.9. The maximum atomic E-state index is 14.0. The number of rotatable bonds is 5. The molecular formula is C26H20BrCl2N3O3. The number of urea groups is 1. The maximum Gasteiger partial charge on any atom is 0.332 e. The normalized spacial score (nSPS) is 21.4. The average Bonchev–Trinajstić information content (AvgIpc) is 3.27. The van der Waals surface area contributed by atoms with Crippen LogP contribution in [0.5, 0.6) is 0 Å². The van der Waals surface area contributed by atoms with E-state index in [0.717, 1.165) is 14.9 Å². The van der Waals surface area contributed by atoms with Crippen molar-refractivity contribution < 1.29 is 14.4 Å². The van der Waals surface area contributed by atoms with Gasteiger partial charge in [-0.05, 0) is 48.0 Å². The van der Waals surface area contributed by atoms with Crippen molar-refractivity contribution in [2.45, 2.75) is 24.4 Å². The van der Waals surface area contributed by atoms with Crippen molar-refractivity contribution in [2.75, 3.05) is 11.4 Å². The van der Waals surface area contributed by atoms with Gasteiger partial charge in [0.1, 0.15) is 5.54 Å². The molecule has 5 rings (SSSR count). The summed E-state index contributed by atoms with van der Waals surface area (Å²) in [5.41, 5.74) is 0.607. The van der Waals surface area contributed by atoms with E-state index in [9.17, 15) is 14.4 Å². The van der Waals surface area contributed by atoms with Crippen LogP contribution in [0.25, 0.3) is 0 Å². The van der Waals surface area contributed by atoms with E-state index in [0.29, 0.717) is 27.7 Å². The summed E-state index contributed by atoms with van der Waals surface area (Å²) in [6.07, 6.45) is 0.602. The number of hydrogen-bond donors (Lipinski definition) is 1. The quantitative estimate of drug-likeness (QED) is 0.398. The molecule has 1 N–H and O–H groups in total. The highest BCUT2D eigenvalue weighted by Crippen LogP contribution is 2.43. The van der Waals surface area contributed by atoms with Gasteiger partial charge in [-0.15, -0.1) is 0 Å². The van der Waals surface area contributed by atoms with Crippen LogP contribution in [-0.4, -0.2) is 40.9 Å². The van der Waals surface area contributed by atoms with Crippen molar-refractivity contribution in [3.63, 3.8) is 0 Å². The molecule has 2 saturated heterocycles. The third-order valence-corrected chi connectivity index (χ3v) is 7.38. The number of halogens is 3. The van der Waals surface area contributed by atoms with E-state index in [1.54, 1.807) is 47.4 Å². The molecule has 2 aliphatic heterocycles. The molecule has 0 unspecified atom stereocenters. The molecule has 4 amide bonds. The lowest BCUT2D eigenvalue weighted by Crippen LogP contribution is -2.47. The minimum Gasteiger partial charge on any atom is -0.347 e. The Kier molecular flexibility index (Phi) is 6.34. The van der Waals surface area contributed by atoms with E-state index >= 15 is 0 Å². The number of hydrogen-bond acceptors (Lipinski definition) is 3. The average molecular weight is 573 g/mol. The first-order chi connectivity index (χ1) is 16.8. The molecule has 3 aromatic rings. The van der Waals surface area contributed by atoms with Gasteiger partial charge in [0, 0.05) is 45.5 Å². The lowest BCUT2D eigenvalue weighted by molar-refractivity contribution is -0.124. The molecule has 3 aromatic carbocycles. The van der Waals surface area contributed by atoms with Gasteiger partial charge < -0.3 is 10.2 Å². The minimum absolute atomic E-state index is 0.213. The van der Waals surface area contributed by atoms with Crippen LogP contribution < -0.4 is 10.2 Å². The molecule has 2 heterocycles. The molecule has 0 radical (unpaired) electrons. The lowest BCUT2D eigenvalue weighted by Gasteiger charge is -2.28. The smallest absolute Gasteiger partial charge is 0.332 e. The third-order valence-electron chi connectivity index (χ3n) is 6.41. The van der Waals surface area contributed by atoms with Gasteiger partial charge in [0.2, 0.25) is 0 Å². The number of carbonyl (C=O) groups is 3. The summed E-state index contributed by atoms with van der Waals surface area (Å²) in [6, 6.07) is 20.3. The fraction of sp³-hybridized carbons (Fsp3) is 0.192. The molecule has 0 aliphatic carbocycles. The Hall–Kier alpha value is -2.87. The van der Waals surface area contributed by atoms with E-state index in [4.69, 9.17) is 23.2 Å². The van der Waals surface area contributed by atoms with Gasteiger partial charge in [-0.25, -0.2) is 9.69 Å². The lowest BCUT2D eigenvalue weighted by atomic mass is 9.87. The summed E-state index contributed by atoms with van der Waals surface area (Å²) in [5, 5.41) is 3.66. The van der Waals surface area contributed by atoms with E-state index in [2.05, 4.69) is 21.2 Å². The predicted molar refractivity (Wildman–Crippen MR) is 139 cm³/mol. The molecule has 178 valence electrons. The van der Waals surface area contributed by atoms with Gasteiger partial charge in [0.25, 0.3) is 11.8 Å². The zero-order valence-electron chi connectivity index (χ0n) is 18.4. The van der Waals surface area contributed by atoms with Gasteiger partial charge in [0.05, 0.1) is 5.69 Å². The van der Waals surface area contributed by atoms with Crippen molar-refractivity contribution >= 4 is 62.7 Å². The second-order valence-electron chi connectivity index (χ2n) is 8.74. The number of nitrogens with one attached hydrogen (secondary N) is 1. The van der Waals surface area contributed by atoms with Crippen molar-refractivity contribution in [2.24, 2.45) is 0 Å². The second kappa shape index (κ2) is 9.30. The number of amides is 4. The predicted octanol–water partition coefficient (Wildman–Crippen LogP) is 5.71. The zero-order chi connectivity index (χ0) is 24.7. The molecule has 9 heteroatoms. The topological polar surface area (TPSA) is 69.7 Å². The summed E-state index contributed by atoms with van der Waals surface area (Å²) in [7, 11) is 0. The summed E-state index contributed by atoms with van der Waals surface area (Å²) in [6.45, 7) is 0.213. The Morgan fingerprint density at radius 3 is 2.31 bits per heavy atom. The maximum absolute atomic E-state index is 14.0. The van der Waals surface area contributed by atoms with Crippen molar-refractivity contribution in [3.05, 3.63) is 98.4 Å². The molecular weight excluding hydrogens is 553 g/mol. The number of carbonyl (C=O) groups excluding carboxylic acids is 3. The Bertz CT molecular complexity index is 1300. The van der Waals surface area contributed by atoms with E-state index in [-0.39, 0.29) is 30.8 Å². The van der Waals surface area contributed by atoms with Crippen LogP contribution >= 0.6 is 39.1 Å². The van der Waals surface area contributed by atoms with Crippen molar-refractivity contribution in [1.82, 2.24) is 10.2 Å². The van der Waals surface area contributed by atoms with Gasteiger partial charge in [0.15, 0.2) is 0 Å². The number of fused-ring (bicyclic) bond motifs is 1. The molecule has 0 bridgehead atoms. The SMILES string of the molecule is O=C(N[C@H]1CN2C(=O)N(c3cc(Cl)cc(Cl)c3)C(=O)[C@@]2(Cc2ccc(Br)cc2)C1)c1ccccc1. The van der Waals surface area contributed by atoms with Crippen LogP contribution in [0.4, 0.5) is 10.5 Å². The third kappa shape index (κ3) is 4.44. The first-order valence-electron chi connectivity index (χ1n) is 11.0. The molecule has 0 spiro atoms. The van der Waals surface area contributed by atoms with Crippen LogP contribution in [0.2, 0.25) is 10.0 Å². The second-order valence-corrected chi connectivity index (χ2v) is 10.5. The molecule has 35 heavy (non-hydrogen) atoms. The van der Waals surface area contributed by atoms with Crippen LogP contribution in [0.15, 0.2) is 77.3 Å². The molecule has 6 nitrogen and oxygen atoms in total. The minimum atomic E-state index is -1.14. The van der Waals surface area contributed by atoms with E-state index in [1.807, 2.05) is 30.3 Å². The largest absolute Gasteiger partial charge is 0.347 e. The first kappa shape index (κ1) is 23.9. The molecule has 2 aliphatic rings. The summed E-state index contributed by atoms with van der Waals surface area (Å²) >= 11 is 15.8. The molecule has 0 aromatic heterocycles. The molecule has 2 fully saturated rings. The van der Waals surface area contributed by atoms with Crippen LogP contribution in [0.1, 0.15) is 22.3 Å². The first-order valence-corrected chi connectivity index (χ1v) is 12.5. The van der Waals surface area contributed by atoms with Crippen LogP contribution in [-0.2, 0) is 11.2 Å². The number of imide groups is 1. The number of anilines is 1. The van der Waals surface area contributed by atoms with Crippen LogP contribution in [0, 0.1) is 0 Å². The van der Waals surface area contributed by atoms with Gasteiger partial charge in [-0.1, -0.05) is 69.5 Å². The Morgan fingerprint density at radius 1 is 1.00 bits per heavy atom. The zero-order valence-corrected chi connectivity index (χ0v) is 21.5. The van der Waals surface area contributed by atoms with Gasteiger partial charge >= 0.3 is 6.03 Å². The summed E-state index contributed by atoms with van der Waals surface area (Å²) in [4.78, 5) is 43.1. The van der Waals surface area contributed by atoms with Crippen molar-refractivity contribution in [3.8, 4) is 0 Å². The number of benzene rings is 3. The fourth-order valence-corrected chi connectivity index (χ4v) is 5.67. The Morgan fingerprint density at radius 2 is 1.66 bits per heavy atom. The van der Waals surface area contributed by atoms with Gasteiger partial charge in [-0.3, -0.25) is 9.59 Å². The summed E-state index contributed by atoms with van der Waals surface area (Å²) < 4.78 is 0.916. The van der Waals surface area contributed by atoms with Crippen LogP contribution in [0.3, 0.4) is 0 Å². The molecule has 0 saturated carbocycles. The highest BCUT2D eigenvalue weighted by Gasteiger charge is 2.62. The Balaban J connectivity index is 1.49. The number of nitrogens with zero attached hydrogens (tertiary/aromatic N) is 2. The summed E-state index contributed by atoms with van der Waals surface area (Å²) in [5.74, 6) is -0.603. The standard InChI is InChI=1S/C26H20BrCl2N3O3/c27-18-8-6-16(7-9-18)13-26-14-21(30-23(33)17-4-2-1-3-5-17)15-31(26)25(35)32(24(26)34)22-11-19(28)10-20(29)12-22/h1-12,21H,13-15H2,(H,30,33)/t21-,26-/m1/s1. The fourth-order valence-electron chi connectivity index (χ4n) is 4.89. The molecule has 2 atom stereocenters. The van der Waals surface area contributed by atoms with E-state index in [1.165, 1.54) is 0 Å². The monoisotopic (exact) mass is 571 g/mol. The van der Waals surface area contributed by atoms with E-state index < -0.39 is 11.6 Å². The van der Waals surface area contributed by atoms with Gasteiger partial charge in [-0.2, -0.15) is 0 Å². The highest BCUT2D eigenvalue weighted by molar-refractivity contribution is 9.10.